The zero-order chi connectivity index (χ0) is 25.1. The van der Waals surface area contributed by atoms with Crippen molar-refractivity contribution in [3.05, 3.63) is 63.9 Å². The van der Waals surface area contributed by atoms with Crippen LogP contribution in [0.25, 0.3) is 0 Å². The van der Waals surface area contributed by atoms with E-state index < -0.39 is 0 Å². The summed E-state index contributed by atoms with van der Waals surface area (Å²) >= 11 is 3.70. The molecule has 0 spiro atoms. The van der Waals surface area contributed by atoms with Crippen LogP contribution in [-0.2, 0) is 9.53 Å². The van der Waals surface area contributed by atoms with E-state index in [0.717, 1.165) is 40.8 Å². The van der Waals surface area contributed by atoms with Gasteiger partial charge in [-0.15, -0.1) is 0 Å². The Balaban J connectivity index is 1.79. The Morgan fingerprint density at radius 3 is 2.77 bits per heavy atom. The number of hydrogen-bond acceptors (Lipinski definition) is 5. The van der Waals surface area contributed by atoms with Crippen LogP contribution in [0.5, 0.6) is 0 Å². The molecule has 4 rings (SSSR count). The predicted molar refractivity (Wildman–Crippen MR) is 146 cm³/mol. The van der Waals surface area contributed by atoms with Crippen LogP contribution in [0.15, 0.2) is 63.2 Å². The van der Waals surface area contributed by atoms with E-state index in [-0.39, 0.29) is 12.0 Å². The highest BCUT2D eigenvalue weighted by atomic mass is 79.9. The molecule has 0 bridgehead atoms. The standard InChI is InChI=1S/C29H38BrN3O2/c1-6-16-33-28-20(4)19(3)26(28)29(33)24(13-14-25(34)35-5)32-27(23-12-7-8-15-31-23)22-17-21(30)11-9-10-18(22)2/h7-8,10-12,15,17,19-20,24,26,28-29H,6,9,13-14,16H2,1-5H3/b32-27+/t19?,20?,24-,26?,28?,29?/m0/s1. The quantitative estimate of drug-likeness (QED) is 0.280. The SMILES string of the molecule is CCCN1C2C(C)C(C)C2C1[C@H](CCC(=O)OC)/N=C(\C1=CC(Br)=CCC=C1C)c1ccccn1. The number of halogens is 1. The first-order valence-electron chi connectivity index (χ1n) is 12.9. The summed E-state index contributed by atoms with van der Waals surface area (Å²) in [5, 5.41) is 0. The van der Waals surface area contributed by atoms with Gasteiger partial charge < -0.3 is 4.74 Å². The van der Waals surface area contributed by atoms with Crippen molar-refractivity contribution in [1.29, 1.82) is 0 Å². The summed E-state index contributed by atoms with van der Waals surface area (Å²) in [4.78, 5) is 25.0. The van der Waals surface area contributed by atoms with Crippen molar-refractivity contribution in [3.63, 3.8) is 0 Å². The van der Waals surface area contributed by atoms with E-state index in [0.29, 0.717) is 42.7 Å². The number of nitrogens with zero attached hydrogens (tertiary/aromatic N) is 3. The highest BCUT2D eigenvalue weighted by Gasteiger charge is 2.63. The number of allylic oxidation sites excluding steroid dienone is 6. The van der Waals surface area contributed by atoms with Gasteiger partial charge >= 0.3 is 5.97 Å². The minimum Gasteiger partial charge on any atom is -0.469 e. The van der Waals surface area contributed by atoms with Crippen molar-refractivity contribution in [2.24, 2.45) is 22.7 Å². The number of pyridine rings is 1. The normalized spacial score (nSPS) is 29.5. The summed E-state index contributed by atoms with van der Waals surface area (Å²) in [6.45, 7) is 10.2. The molecule has 0 amide bonds. The zero-order valence-electron chi connectivity index (χ0n) is 21.6. The van der Waals surface area contributed by atoms with Crippen LogP contribution in [0.2, 0.25) is 0 Å². The molecule has 2 heterocycles. The third-order valence-corrected chi connectivity index (χ3v) is 8.73. The minimum absolute atomic E-state index is 0.00596. The number of aromatic nitrogens is 1. The molecule has 35 heavy (non-hydrogen) atoms. The molecule has 0 aromatic carbocycles. The van der Waals surface area contributed by atoms with Crippen molar-refractivity contribution in [2.45, 2.75) is 71.5 Å². The van der Waals surface area contributed by atoms with Gasteiger partial charge in [-0.1, -0.05) is 54.9 Å². The average Bonchev–Trinajstić information content (AvgIpc) is 3.02. The molecule has 1 aromatic heterocycles. The van der Waals surface area contributed by atoms with Gasteiger partial charge in [-0.2, -0.15) is 0 Å². The first-order valence-corrected chi connectivity index (χ1v) is 13.7. The van der Waals surface area contributed by atoms with Gasteiger partial charge in [0, 0.05) is 34.8 Å². The summed E-state index contributed by atoms with van der Waals surface area (Å²) in [5.74, 6) is 1.83. The van der Waals surface area contributed by atoms with Gasteiger partial charge in [0.05, 0.1) is 24.6 Å². The molecule has 1 aromatic rings. The lowest BCUT2D eigenvalue weighted by molar-refractivity contribution is -0.204. The van der Waals surface area contributed by atoms with E-state index in [9.17, 15) is 4.79 Å². The Labute approximate surface area is 218 Å². The van der Waals surface area contributed by atoms with Gasteiger partial charge in [0.25, 0.3) is 0 Å². The van der Waals surface area contributed by atoms with E-state index in [2.05, 4.69) is 66.8 Å². The number of piperidine rings is 1. The molecule has 6 heteroatoms. The smallest absolute Gasteiger partial charge is 0.305 e. The fourth-order valence-corrected chi connectivity index (χ4v) is 6.63. The van der Waals surface area contributed by atoms with E-state index in [1.54, 1.807) is 0 Å². The first-order chi connectivity index (χ1) is 16.9. The van der Waals surface area contributed by atoms with E-state index in [1.807, 2.05) is 24.4 Å². The maximum Gasteiger partial charge on any atom is 0.305 e. The van der Waals surface area contributed by atoms with E-state index in [1.165, 1.54) is 12.7 Å². The van der Waals surface area contributed by atoms with Gasteiger partial charge in [-0.3, -0.25) is 19.7 Å². The molecule has 3 aliphatic rings. The number of carbonyl (C=O) groups excluding carboxylic acids is 1. The third kappa shape index (κ3) is 5.24. The number of carbonyl (C=O) groups is 1. The summed E-state index contributed by atoms with van der Waals surface area (Å²) in [5.41, 5.74) is 4.04. The molecule has 5 nitrogen and oxygen atoms in total. The molecule has 1 aliphatic heterocycles. The second kappa shape index (κ2) is 11.3. The number of likely N-dealkylation sites (tertiary alicyclic amines) is 1. The van der Waals surface area contributed by atoms with Gasteiger partial charge in [0.15, 0.2) is 0 Å². The number of methoxy groups -OCH3 is 1. The maximum atomic E-state index is 12.2. The highest BCUT2D eigenvalue weighted by molar-refractivity contribution is 9.11. The molecule has 2 fully saturated rings. The number of fused-ring (bicyclic) bond motifs is 1. The molecule has 6 atom stereocenters. The van der Waals surface area contributed by atoms with E-state index in [4.69, 9.17) is 14.7 Å². The second-order valence-corrected chi connectivity index (χ2v) is 11.1. The minimum atomic E-state index is -0.173. The van der Waals surface area contributed by atoms with Crippen molar-refractivity contribution in [3.8, 4) is 0 Å². The zero-order valence-corrected chi connectivity index (χ0v) is 23.2. The topological polar surface area (TPSA) is 54.8 Å². The molecule has 1 saturated heterocycles. The Hall–Kier alpha value is -2.05. The predicted octanol–water partition coefficient (Wildman–Crippen LogP) is 6.11. The number of aliphatic imine (C=N–C) groups is 1. The molecule has 188 valence electrons. The van der Waals surface area contributed by atoms with Crippen molar-refractivity contribution < 1.29 is 9.53 Å². The Morgan fingerprint density at radius 2 is 2.09 bits per heavy atom. The van der Waals surface area contributed by atoms with Crippen molar-refractivity contribution in [2.75, 3.05) is 13.7 Å². The van der Waals surface area contributed by atoms with E-state index >= 15 is 0 Å². The van der Waals surface area contributed by atoms with Crippen molar-refractivity contribution >= 4 is 27.6 Å². The van der Waals surface area contributed by atoms with Crippen molar-refractivity contribution in [1.82, 2.24) is 9.88 Å². The van der Waals surface area contributed by atoms with Gasteiger partial charge in [0.2, 0.25) is 0 Å². The molecular formula is C29H38BrN3O2. The summed E-state index contributed by atoms with van der Waals surface area (Å²) in [6, 6.07) is 6.96. The highest BCUT2D eigenvalue weighted by Crippen LogP contribution is 2.56. The Bertz CT molecular complexity index is 1050. The van der Waals surface area contributed by atoms with Gasteiger partial charge in [-0.05, 0) is 74.3 Å². The Morgan fingerprint density at radius 1 is 1.29 bits per heavy atom. The molecule has 1 saturated carbocycles. The summed E-state index contributed by atoms with van der Waals surface area (Å²) in [7, 11) is 1.47. The summed E-state index contributed by atoms with van der Waals surface area (Å²) in [6.07, 6.45) is 11.4. The lowest BCUT2D eigenvalue weighted by atomic mass is 9.51. The molecule has 0 N–H and O–H groups in total. The summed E-state index contributed by atoms with van der Waals surface area (Å²) < 4.78 is 6.06. The average molecular weight is 541 g/mol. The van der Waals surface area contributed by atoms with Crippen LogP contribution in [-0.4, -0.2) is 53.3 Å². The number of rotatable bonds is 9. The number of ether oxygens (including phenoxy) is 1. The van der Waals surface area contributed by atoms with Gasteiger partial charge in [0.1, 0.15) is 0 Å². The van der Waals surface area contributed by atoms with Crippen LogP contribution in [0.1, 0.15) is 59.1 Å². The molecular weight excluding hydrogens is 502 g/mol. The maximum absolute atomic E-state index is 12.2. The molecule has 5 unspecified atom stereocenters. The van der Waals surface area contributed by atoms with Gasteiger partial charge in [-0.25, -0.2) is 0 Å². The first kappa shape index (κ1) is 26.0. The number of esters is 1. The van der Waals surface area contributed by atoms with Crippen LogP contribution >= 0.6 is 15.9 Å². The monoisotopic (exact) mass is 539 g/mol. The fraction of sp³-hybridized carbons (Fsp3) is 0.552. The lowest BCUT2D eigenvalue weighted by Gasteiger charge is -2.70. The molecule has 2 aliphatic carbocycles. The third-order valence-electron chi connectivity index (χ3n) is 8.18. The molecule has 0 radical (unpaired) electrons. The van der Waals surface area contributed by atoms with Crippen LogP contribution < -0.4 is 0 Å². The largest absolute Gasteiger partial charge is 0.469 e. The second-order valence-electron chi connectivity index (χ2n) is 10.2. The lowest BCUT2D eigenvalue weighted by Crippen LogP contribution is -2.78. The van der Waals surface area contributed by atoms with Crippen LogP contribution in [0.3, 0.4) is 0 Å². The number of hydrogen-bond donors (Lipinski definition) is 0. The van der Waals surface area contributed by atoms with Crippen LogP contribution in [0, 0.1) is 17.8 Å². The Kier molecular flexibility index (Phi) is 8.43. The van der Waals surface area contributed by atoms with Crippen LogP contribution in [0.4, 0.5) is 0 Å². The fourth-order valence-electron chi connectivity index (χ4n) is 6.21.